The van der Waals surface area contributed by atoms with Gasteiger partial charge in [-0.1, -0.05) is 53.7 Å². The van der Waals surface area contributed by atoms with Crippen LogP contribution in [-0.2, 0) is 15.8 Å². The zero-order valence-electron chi connectivity index (χ0n) is 22.7. The van der Waals surface area contributed by atoms with Gasteiger partial charge in [0.05, 0.1) is 16.2 Å². The van der Waals surface area contributed by atoms with E-state index in [0.29, 0.717) is 22.7 Å². The highest BCUT2D eigenvalue weighted by Gasteiger charge is 2.32. The molecule has 0 radical (unpaired) electrons. The maximum atomic E-state index is 13.4. The number of para-hydroxylation sites is 1. The molecule has 2 amide bonds. The minimum absolute atomic E-state index is 0.154. The molecule has 0 aliphatic carbocycles. The topological polar surface area (TPSA) is 55.9 Å². The average Bonchev–Trinajstić information content (AvgIpc) is 2.97. The molecule has 2 aliphatic rings. The number of nitrogens with zero attached hydrogens (tertiary/aromatic N) is 3. The number of piperazine rings is 1. The minimum Gasteiger partial charge on any atom is -0.369 e. The summed E-state index contributed by atoms with van der Waals surface area (Å²) in [6.45, 7) is 4.84. The van der Waals surface area contributed by atoms with Crippen LogP contribution in [0.1, 0.15) is 17.5 Å². The van der Waals surface area contributed by atoms with Gasteiger partial charge < -0.3 is 10.2 Å². The molecule has 0 spiro atoms. The van der Waals surface area contributed by atoms with Gasteiger partial charge in [-0.2, -0.15) is 13.2 Å². The van der Waals surface area contributed by atoms with Gasteiger partial charge in [0.1, 0.15) is 6.54 Å². The van der Waals surface area contributed by atoms with Crippen LogP contribution >= 0.6 is 23.4 Å². The predicted molar refractivity (Wildman–Crippen MR) is 162 cm³/mol. The third-order valence-corrected chi connectivity index (χ3v) is 8.50. The molecule has 1 fully saturated rings. The van der Waals surface area contributed by atoms with E-state index in [4.69, 9.17) is 11.6 Å². The van der Waals surface area contributed by atoms with Crippen LogP contribution in [0, 0.1) is 0 Å². The standard InChI is InChI=1S/C31H30ClF3N4O2S/c32-24-5-3-6-25(20-24)38-17-15-37(16-18-38)14-4-13-36-29(40)21-39-26-7-1-2-8-27(26)42-28(30(39)41)19-22-9-11-23(12-10-22)31(33,34)35/h1-3,5-12,19-20H,4,13-18,21H2,(H,36,40). The maximum absolute atomic E-state index is 13.4. The van der Waals surface area contributed by atoms with Crippen LogP contribution in [0.3, 0.4) is 0 Å². The Morgan fingerprint density at radius 2 is 1.71 bits per heavy atom. The minimum atomic E-state index is -4.43. The number of hydrogen-bond acceptors (Lipinski definition) is 5. The van der Waals surface area contributed by atoms with Gasteiger partial charge in [-0.05, 0) is 67.1 Å². The number of nitrogens with one attached hydrogen (secondary N) is 1. The molecule has 11 heteroatoms. The normalized spacial score (nSPS) is 17.0. The molecule has 42 heavy (non-hydrogen) atoms. The number of carbonyl (C=O) groups excluding carboxylic acids is 2. The lowest BCUT2D eigenvalue weighted by Gasteiger charge is -2.36. The van der Waals surface area contributed by atoms with E-state index in [-0.39, 0.29) is 18.4 Å². The first kappa shape index (κ1) is 30.0. The monoisotopic (exact) mass is 614 g/mol. The highest BCUT2D eigenvalue weighted by atomic mass is 35.5. The van der Waals surface area contributed by atoms with Crippen molar-refractivity contribution in [3.63, 3.8) is 0 Å². The Bertz CT molecular complexity index is 1460. The van der Waals surface area contributed by atoms with Gasteiger partial charge in [0.2, 0.25) is 5.91 Å². The fourth-order valence-electron chi connectivity index (χ4n) is 4.97. The van der Waals surface area contributed by atoms with Crippen molar-refractivity contribution >= 4 is 52.6 Å². The fraction of sp³-hybridized carbons (Fsp3) is 0.290. The van der Waals surface area contributed by atoms with Gasteiger partial charge in [0.25, 0.3) is 5.91 Å². The summed E-state index contributed by atoms with van der Waals surface area (Å²) in [6.07, 6.45) is -2.10. The number of carbonyl (C=O) groups is 2. The van der Waals surface area contributed by atoms with Crippen LogP contribution in [0.4, 0.5) is 24.5 Å². The molecule has 0 aromatic heterocycles. The summed E-state index contributed by atoms with van der Waals surface area (Å²) in [4.78, 5) is 33.5. The summed E-state index contributed by atoms with van der Waals surface area (Å²) in [5.41, 5.74) is 1.47. The Morgan fingerprint density at radius 1 is 0.976 bits per heavy atom. The third-order valence-electron chi connectivity index (χ3n) is 7.19. The van der Waals surface area contributed by atoms with E-state index in [9.17, 15) is 22.8 Å². The van der Waals surface area contributed by atoms with Crippen molar-refractivity contribution in [1.29, 1.82) is 0 Å². The molecule has 6 nitrogen and oxygen atoms in total. The molecular weight excluding hydrogens is 585 g/mol. The van der Waals surface area contributed by atoms with Crippen molar-refractivity contribution in [2.45, 2.75) is 17.5 Å². The molecule has 1 N–H and O–H groups in total. The second kappa shape index (κ2) is 13.2. The molecular formula is C31H30ClF3N4O2S. The summed E-state index contributed by atoms with van der Waals surface area (Å²) in [6, 6.07) is 19.8. The van der Waals surface area contributed by atoms with Crippen molar-refractivity contribution < 1.29 is 22.8 Å². The molecule has 2 aliphatic heterocycles. The first-order valence-corrected chi connectivity index (χ1v) is 14.8. The highest BCUT2D eigenvalue weighted by Crippen LogP contribution is 2.42. The molecule has 0 saturated carbocycles. The van der Waals surface area contributed by atoms with Gasteiger partial charge in [0.15, 0.2) is 0 Å². The van der Waals surface area contributed by atoms with Crippen molar-refractivity contribution in [3.05, 3.63) is 93.9 Å². The molecule has 5 rings (SSSR count). The van der Waals surface area contributed by atoms with Gasteiger partial charge in [-0.25, -0.2) is 0 Å². The molecule has 3 aromatic rings. The Balaban J connectivity index is 1.13. The number of halogens is 4. The lowest BCUT2D eigenvalue weighted by atomic mass is 10.1. The molecule has 220 valence electrons. The number of thioether (sulfide) groups is 1. The van der Waals surface area contributed by atoms with Gasteiger partial charge in [0, 0.05) is 48.3 Å². The van der Waals surface area contributed by atoms with Crippen LogP contribution in [0.15, 0.2) is 82.6 Å². The zero-order chi connectivity index (χ0) is 29.7. The first-order chi connectivity index (χ1) is 20.2. The van der Waals surface area contributed by atoms with E-state index in [1.807, 2.05) is 30.3 Å². The van der Waals surface area contributed by atoms with E-state index in [1.165, 1.54) is 28.8 Å². The Kier molecular flexibility index (Phi) is 9.45. The van der Waals surface area contributed by atoms with Crippen molar-refractivity contribution in [3.8, 4) is 0 Å². The van der Waals surface area contributed by atoms with Crippen molar-refractivity contribution in [2.75, 3.05) is 55.6 Å². The van der Waals surface area contributed by atoms with Gasteiger partial charge >= 0.3 is 6.18 Å². The second-order valence-electron chi connectivity index (χ2n) is 10.1. The Morgan fingerprint density at radius 3 is 2.43 bits per heavy atom. The first-order valence-electron chi connectivity index (χ1n) is 13.6. The Hall–Kier alpha value is -3.47. The van der Waals surface area contributed by atoms with Gasteiger partial charge in [-0.3, -0.25) is 19.4 Å². The van der Waals surface area contributed by atoms with E-state index < -0.39 is 11.7 Å². The number of benzene rings is 3. The predicted octanol–water partition coefficient (Wildman–Crippen LogP) is 6.17. The van der Waals surface area contributed by atoms with Crippen LogP contribution in [0.5, 0.6) is 0 Å². The number of alkyl halides is 3. The molecule has 0 unspecified atom stereocenters. The van der Waals surface area contributed by atoms with Crippen LogP contribution < -0.4 is 15.1 Å². The van der Waals surface area contributed by atoms with E-state index in [0.717, 1.165) is 66.9 Å². The van der Waals surface area contributed by atoms with Gasteiger partial charge in [-0.15, -0.1) is 0 Å². The molecule has 1 saturated heterocycles. The molecule has 3 aromatic carbocycles. The van der Waals surface area contributed by atoms with Crippen LogP contribution in [0.2, 0.25) is 5.02 Å². The molecule has 0 bridgehead atoms. The highest BCUT2D eigenvalue weighted by molar-refractivity contribution is 8.04. The van der Waals surface area contributed by atoms with Crippen molar-refractivity contribution in [1.82, 2.24) is 10.2 Å². The quantitative estimate of drug-likeness (QED) is 0.243. The average molecular weight is 615 g/mol. The largest absolute Gasteiger partial charge is 0.416 e. The summed E-state index contributed by atoms with van der Waals surface area (Å²) in [5, 5.41) is 3.66. The SMILES string of the molecule is O=C(CN1C(=O)C(=Cc2ccc(C(F)(F)F)cc2)Sc2ccccc21)NCCCN1CCN(c2cccc(Cl)c2)CC1. The van der Waals surface area contributed by atoms with E-state index in [2.05, 4.69) is 21.2 Å². The smallest absolute Gasteiger partial charge is 0.369 e. The number of amides is 2. The summed E-state index contributed by atoms with van der Waals surface area (Å²) < 4.78 is 38.8. The molecule has 2 heterocycles. The fourth-order valence-corrected chi connectivity index (χ4v) is 6.21. The molecule has 0 atom stereocenters. The second-order valence-corrected chi connectivity index (χ2v) is 11.6. The van der Waals surface area contributed by atoms with E-state index >= 15 is 0 Å². The third kappa shape index (κ3) is 7.48. The van der Waals surface area contributed by atoms with E-state index in [1.54, 1.807) is 18.2 Å². The summed E-state index contributed by atoms with van der Waals surface area (Å²) in [5.74, 6) is -0.643. The maximum Gasteiger partial charge on any atom is 0.416 e. The summed E-state index contributed by atoms with van der Waals surface area (Å²) in [7, 11) is 0. The number of rotatable bonds is 8. The Labute approximate surface area is 252 Å². The number of anilines is 2. The number of fused-ring (bicyclic) bond motifs is 1. The lowest BCUT2D eigenvalue weighted by molar-refractivity contribution is -0.137. The lowest BCUT2D eigenvalue weighted by Crippen LogP contribution is -2.47. The summed E-state index contributed by atoms with van der Waals surface area (Å²) >= 11 is 7.36. The van der Waals surface area contributed by atoms with Crippen LogP contribution in [-0.4, -0.2) is 62.5 Å². The zero-order valence-corrected chi connectivity index (χ0v) is 24.3. The van der Waals surface area contributed by atoms with Crippen LogP contribution in [0.25, 0.3) is 6.08 Å². The number of hydrogen-bond donors (Lipinski definition) is 1. The van der Waals surface area contributed by atoms with Crippen molar-refractivity contribution in [2.24, 2.45) is 0 Å².